The molecule has 4 heteroatoms. The lowest BCUT2D eigenvalue weighted by Gasteiger charge is -2.14. The van der Waals surface area contributed by atoms with Crippen LogP contribution in [0, 0.1) is 0 Å². The summed E-state index contributed by atoms with van der Waals surface area (Å²) in [4.78, 5) is 0. The molecule has 0 saturated heterocycles. The average molecular weight is 254 g/mol. The Morgan fingerprint density at radius 1 is 1.28 bits per heavy atom. The number of aromatic nitrogens is 2. The summed E-state index contributed by atoms with van der Waals surface area (Å²) >= 11 is 0. The molecule has 2 unspecified atom stereocenters. The molecule has 1 aromatic heterocycles. The van der Waals surface area contributed by atoms with Crippen LogP contribution in [0.25, 0.3) is 0 Å². The van der Waals surface area contributed by atoms with Crippen molar-refractivity contribution in [3.8, 4) is 0 Å². The lowest BCUT2D eigenvalue weighted by Crippen LogP contribution is -2.18. The molecule has 1 rings (SSSR count). The summed E-state index contributed by atoms with van der Waals surface area (Å²) < 4.78 is 7.30. The van der Waals surface area contributed by atoms with Gasteiger partial charge in [0.25, 0.3) is 0 Å². The molecular formula is C14H26N2O2. The number of ether oxygens (including phenoxy) is 1. The van der Waals surface area contributed by atoms with Crippen molar-refractivity contribution in [2.75, 3.05) is 7.11 Å². The summed E-state index contributed by atoms with van der Waals surface area (Å²) in [5.41, 5.74) is 3.19. The van der Waals surface area contributed by atoms with Gasteiger partial charge in [-0.3, -0.25) is 4.68 Å². The summed E-state index contributed by atoms with van der Waals surface area (Å²) in [7, 11) is 1.71. The normalized spacial score (nSPS) is 14.8. The van der Waals surface area contributed by atoms with Crippen LogP contribution in [0.15, 0.2) is 0 Å². The first kappa shape index (κ1) is 15.2. The topological polar surface area (TPSA) is 47.3 Å². The molecule has 0 radical (unpaired) electrons. The van der Waals surface area contributed by atoms with E-state index in [-0.39, 0.29) is 6.10 Å². The number of aryl methyl sites for hydroxylation is 1. The van der Waals surface area contributed by atoms with Crippen molar-refractivity contribution in [3.63, 3.8) is 0 Å². The molecular weight excluding hydrogens is 228 g/mol. The minimum Gasteiger partial charge on any atom is -0.388 e. The molecule has 1 heterocycles. The Morgan fingerprint density at radius 3 is 2.39 bits per heavy atom. The zero-order valence-corrected chi connectivity index (χ0v) is 12.2. The maximum absolute atomic E-state index is 10.2. The second kappa shape index (κ2) is 6.90. The van der Waals surface area contributed by atoms with Gasteiger partial charge < -0.3 is 9.84 Å². The molecule has 1 aromatic rings. The number of hydrogen-bond acceptors (Lipinski definition) is 3. The highest BCUT2D eigenvalue weighted by atomic mass is 16.5. The van der Waals surface area contributed by atoms with Gasteiger partial charge in [-0.25, -0.2) is 0 Å². The van der Waals surface area contributed by atoms with Crippen LogP contribution in [0.5, 0.6) is 0 Å². The van der Waals surface area contributed by atoms with Crippen LogP contribution in [0.1, 0.15) is 57.2 Å². The monoisotopic (exact) mass is 254 g/mol. The fourth-order valence-corrected chi connectivity index (χ4v) is 2.26. The van der Waals surface area contributed by atoms with Gasteiger partial charge in [0.2, 0.25) is 0 Å². The quantitative estimate of drug-likeness (QED) is 0.813. The van der Waals surface area contributed by atoms with Crippen molar-refractivity contribution in [2.24, 2.45) is 0 Å². The second-order valence-electron chi connectivity index (χ2n) is 4.67. The van der Waals surface area contributed by atoms with Gasteiger partial charge in [-0.1, -0.05) is 20.8 Å². The van der Waals surface area contributed by atoms with Crippen molar-refractivity contribution in [1.82, 2.24) is 9.78 Å². The molecule has 0 aromatic carbocycles. The molecule has 0 amide bonds. The smallest absolute Gasteiger partial charge is 0.0823 e. The minimum atomic E-state index is -0.401. The van der Waals surface area contributed by atoms with E-state index in [0.29, 0.717) is 0 Å². The summed E-state index contributed by atoms with van der Waals surface area (Å²) in [6, 6.07) is 0. The molecule has 1 N–H and O–H groups in total. The van der Waals surface area contributed by atoms with E-state index in [2.05, 4.69) is 18.9 Å². The van der Waals surface area contributed by atoms with Gasteiger partial charge in [-0.05, 0) is 26.2 Å². The van der Waals surface area contributed by atoms with E-state index in [4.69, 9.17) is 4.74 Å². The van der Waals surface area contributed by atoms with Crippen LogP contribution >= 0.6 is 0 Å². The first-order chi connectivity index (χ1) is 8.58. The number of rotatable bonds is 7. The molecule has 0 aliphatic carbocycles. The fourth-order valence-electron chi connectivity index (χ4n) is 2.26. The molecule has 18 heavy (non-hydrogen) atoms. The van der Waals surface area contributed by atoms with E-state index in [0.717, 1.165) is 42.8 Å². The summed E-state index contributed by atoms with van der Waals surface area (Å²) in [6.07, 6.45) is 2.20. The highest BCUT2D eigenvalue weighted by molar-refractivity contribution is 5.29. The lowest BCUT2D eigenvalue weighted by atomic mass is 10.0. The molecule has 0 spiro atoms. The Bertz CT molecular complexity index is 374. The highest BCUT2D eigenvalue weighted by Crippen LogP contribution is 2.26. The van der Waals surface area contributed by atoms with E-state index in [1.54, 1.807) is 7.11 Å². The maximum Gasteiger partial charge on any atom is 0.0823 e. The SMILES string of the molecule is CCc1nn(CC(C)OC)c(CC)c1C(O)CC. The molecule has 0 aliphatic rings. The van der Waals surface area contributed by atoms with Crippen molar-refractivity contribution in [3.05, 3.63) is 17.0 Å². The van der Waals surface area contributed by atoms with Crippen LogP contribution < -0.4 is 0 Å². The fraction of sp³-hybridized carbons (Fsp3) is 0.786. The predicted octanol–water partition coefficient (Wildman–Crippen LogP) is 2.49. The Balaban J connectivity index is 3.15. The van der Waals surface area contributed by atoms with Crippen LogP contribution in [0.4, 0.5) is 0 Å². The zero-order chi connectivity index (χ0) is 13.7. The molecule has 4 nitrogen and oxygen atoms in total. The summed E-state index contributed by atoms with van der Waals surface area (Å²) in [5.74, 6) is 0. The van der Waals surface area contributed by atoms with Crippen LogP contribution in [-0.4, -0.2) is 28.1 Å². The lowest BCUT2D eigenvalue weighted by molar-refractivity contribution is 0.0987. The van der Waals surface area contributed by atoms with E-state index in [1.165, 1.54) is 0 Å². The molecule has 0 fully saturated rings. The van der Waals surface area contributed by atoms with Gasteiger partial charge in [0.05, 0.1) is 24.4 Å². The van der Waals surface area contributed by atoms with Crippen molar-refractivity contribution in [2.45, 2.75) is 65.7 Å². The van der Waals surface area contributed by atoms with Gasteiger partial charge in [0.1, 0.15) is 0 Å². The first-order valence-electron chi connectivity index (χ1n) is 6.88. The Hall–Kier alpha value is -0.870. The van der Waals surface area contributed by atoms with Gasteiger partial charge in [0, 0.05) is 18.4 Å². The third-order valence-electron chi connectivity index (χ3n) is 3.40. The number of methoxy groups -OCH3 is 1. The molecule has 2 atom stereocenters. The average Bonchev–Trinajstić information content (AvgIpc) is 2.74. The third kappa shape index (κ3) is 3.12. The molecule has 0 bridgehead atoms. The minimum absolute atomic E-state index is 0.131. The Kier molecular flexibility index (Phi) is 5.82. The molecule has 0 saturated carbocycles. The number of hydrogen-bond donors (Lipinski definition) is 1. The van der Waals surface area contributed by atoms with Crippen LogP contribution in [0.3, 0.4) is 0 Å². The standard InChI is InChI=1S/C14H26N2O2/c1-6-11-14(13(17)8-3)12(7-2)16(15-11)9-10(4)18-5/h10,13,17H,6-9H2,1-5H3. The Labute approximate surface area is 110 Å². The van der Waals surface area contributed by atoms with E-state index < -0.39 is 6.10 Å². The first-order valence-corrected chi connectivity index (χ1v) is 6.88. The second-order valence-corrected chi connectivity index (χ2v) is 4.67. The Morgan fingerprint density at radius 2 is 1.94 bits per heavy atom. The van der Waals surface area contributed by atoms with Crippen LogP contribution in [-0.2, 0) is 24.1 Å². The van der Waals surface area contributed by atoms with Crippen molar-refractivity contribution >= 4 is 0 Å². The number of nitrogens with zero attached hydrogens (tertiary/aromatic N) is 2. The van der Waals surface area contributed by atoms with Gasteiger partial charge in [0.15, 0.2) is 0 Å². The summed E-state index contributed by atoms with van der Waals surface area (Å²) in [5, 5.41) is 14.8. The predicted molar refractivity (Wildman–Crippen MR) is 72.7 cm³/mol. The highest BCUT2D eigenvalue weighted by Gasteiger charge is 2.21. The number of aliphatic hydroxyl groups is 1. The summed E-state index contributed by atoms with van der Waals surface area (Å²) in [6.45, 7) is 8.96. The van der Waals surface area contributed by atoms with Gasteiger partial charge in [-0.15, -0.1) is 0 Å². The van der Waals surface area contributed by atoms with E-state index in [9.17, 15) is 5.11 Å². The maximum atomic E-state index is 10.2. The van der Waals surface area contributed by atoms with E-state index in [1.807, 2.05) is 18.5 Å². The number of aliphatic hydroxyl groups excluding tert-OH is 1. The van der Waals surface area contributed by atoms with Crippen LogP contribution in [0.2, 0.25) is 0 Å². The third-order valence-corrected chi connectivity index (χ3v) is 3.40. The zero-order valence-electron chi connectivity index (χ0n) is 12.2. The molecule has 104 valence electrons. The molecule has 0 aliphatic heterocycles. The van der Waals surface area contributed by atoms with Gasteiger partial charge >= 0.3 is 0 Å². The van der Waals surface area contributed by atoms with Gasteiger partial charge in [-0.2, -0.15) is 5.10 Å². The van der Waals surface area contributed by atoms with Crippen molar-refractivity contribution in [1.29, 1.82) is 0 Å². The van der Waals surface area contributed by atoms with E-state index >= 15 is 0 Å². The van der Waals surface area contributed by atoms with Crippen molar-refractivity contribution < 1.29 is 9.84 Å². The largest absolute Gasteiger partial charge is 0.388 e.